The summed E-state index contributed by atoms with van der Waals surface area (Å²) in [4.78, 5) is 33.6. The molecule has 7 nitrogen and oxygen atoms in total. The molecular formula is C13H16ClN3O4. The standard InChI is InChI=1S/C13H16ClN3O4/c1-7(12(15)19)21-11(18)6-10(17-13(16)20)8-2-4-9(14)5-3-8/h2-5,7,10H,6H2,1H3,(H2,15,19)(H3,16,17,20)/t7-,10-/m0/s1. The summed E-state index contributed by atoms with van der Waals surface area (Å²) in [7, 11) is 0. The lowest BCUT2D eigenvalue weighted by Crippen LogP contribution is -2.36. The first-order valence-electron chi connectivity index (χ1n) is 6.10. The van der Waals surface area contributed by atoms with Crippen LogP contribution in [0.1, 0.15) is 24.9 Å². The number of amides is 3. The van der Waals surface area contributed by atoms with Crippen LogP contribution in [-0.4, -0.2) is 24.0 Å². The molecule has 8 heteroatoms. The van der Waals surface area contributed by atoms with Gasteiger partial charge in [-0.2, -0.15) is 0 Å². The average Bonchev–Trinajstić information content (AvgIpc) is 2.38. The van der Waals surface area contributed by atoms with Gasteiger partial charge in [-0.15, -0.1) is 0 Å². The summed E-state index contributed by atoms with van der Waals surface area (Å²) in [5, 5.41) is 2.94. The highest BCUT2D eigenvalue weighted by molar-refractivity contribution is 6.30. The molecule has 0 heterocycles. The number of primary amides is 2. The minimum absolute atomic E-state index is 0.192. The lowest BCUT2D eigenvalue weighted by Gasteiger charge is -2.18. The Balaban J connectivity index is 2.79. The number of hydrogen-bond donors (Lipinski definition) is 3. The highest BCUT2D eigenvalue weighted by Crippen LogP contribution is 2.20. The smallest absolute Gasteiger partial charge is 0.312 e. The Bertz CT molecular complexity index is 533. The third-order valence-electron chi connectivity index (χ3n) is 2.67. The molecule has 0 saturated heterocycles. The Morgan fingerprint density at radius 3 is 2.29 bits per heavy atom. The van der Waals surface area contributed by atoms with Crippen molar-refractivity contribution in [1.82, 2.24) is 5.32 Å². The molecular weight excluding hydrogens is 298 g/mol. The van der Waals surface area contributed by atoms with Crippen molar-refractivity contribution >= 4 is 29.5 Å². The van der Waals surface area contributed by atoms with E-state index in [2.05, 4.69) is 5.32 Å². The van der Waals surface area contributed by atoms with Crippen LogP contribution in [0.15, 0.2) is 24.3 Å². The van der Waals surface area contributed by atoms with E-state index in [4.69, 9.17) is 27.8 Å². The second kappa shape index (κ2) is 7.49. The number of rotatable bonds is 6. The molecule has 0 unspecified atom stereocenters. The van der Waals surface area contributed by atoms with E-state index < -0.39 is 30.1 Å². The molecule has 1 aromatic carbocycles. The lowest BCUT2D eigenvalue weighted by molar-refractivity contribution is -0.154. The summed E-state index contributed by atoms with van der Waals surface area (Å²) in [6.45, 7) is 1.36. The van der Waals surface area contributed by atoms with Gasteiger partial charge in [-0.05, 0) is 24.6 Å². The first-order chi connectivity index (χ1) is 9.79. The van der Waals surface area contributed by atoms with Gasteiger partial charge in [-0.25, -0.2) is 4.79 Å². The summed E-state index contributed by atoms with van der Waals surface area (Å²) in [5.74, 6) is -1.44. The topological polar surface area (TPSA) is 125 Å². The summed E-state index contributed by atoms with van der Waals surface area (Å²) < 4.78 is 4.84. The van der Waals surface area contributed by atoms with E-state index in [0.29, 0.717) is 10.6 Å². The second-order valence-electron chi connectivity index (χ2n) is 4.35. The second-order valence-corrected chi connectivity index (χ2v) is 4.79. The molecule has 114 valence electrons. The number of nitrogens with two attached hydrogens (primary N) is 2. The zero-order valence-corrected chi connectivity index (χ0v) is 12.1. The number of ether oxygens (including phenoxy) is 1. The van der Waals surface area contributed by atoms with Gasteiger partial charge in [0, 0.05) is 5.02 Å². The molecule has 21 heavy (non-hydrogen) atoms. The largest absolute Gasteiger partial charge is 0.452 e. The molecule has 0 aliphatic heterocycles. The van der Waals surface area contributed by atoms with E-state index in [1.807, 2.05) is 0 Å². The highest BCUT2D eigenvalue weighted by atomic mass is 35.5. The number of halogens is 1. The van der Waals surface area contributed by atoms with Crippen LogP contribution in [0.4, 0.5) is 4.79 Å². The number of esters is 1. The summed E-state index contributed by atoms with van der Waals surface area (Å²) in [5.41, 5.74) is 10.7. The molecule has 0 spiro atoms. The maximum Gasteiger partial charge on any atom is 0.312 e. The van der Waals surface area contributed by atoms with Gasteiger partial charge in [0.2, 0.25) is 0 Å². The van der Waals surface area contributed by atoms with Gasteiger partial charge in [0.05, 0.1) is 12.5 Å². The van der Waals surface area contributed by atoms with Crippen molar-refractivity contribution in [3.05, 3.63) is 34.9 Å². The number of benzene rings is 1. The van der Waals surface area contributed by atoms with Crippen LogP contribution in [0.2, 0.25) is 5.02 Å². The summed E-state index contributed by atoms with van der Waals surface area (Å²) in [6, 6.07) is 5.05. The average molecular weight is 314 g/mol. The zero-order valence-electron chi connectivity index (χ0n) is 11.3. The molecule has 5 N–H and O–H groups in total. The van der Waals surface area contributed by atoms with Gasteiger partial charge in [-0.3, -0.25) is 9.59 Å². The third kappa shape index (κ3) is 5.70. The Morgan fingerprint density at radius 2 is 1.81 bits per heavy atom. The van der Waals surface area contributed by atoms with Gasteiger partial charge in [0.25, 0.3) is 5.91 Å². The van der Waals surface area contributed by atoms with Crippen LogP contribution in [0.5, 0.6) is 0 Å². The Kier molecular flexibility index (Phi) is 5.98. The van der Waals surface area contributed by atoms with E-state index >= 15 is 0 Å². The van der Waals surface area contributed by atoms with E-state index in [1.165, 1.54) is 6.92 Å². The van der Waals surface area contributed by atoms with Gasteiger partial charge >= 0.3 is 12.0 Å². The Hall–Kier alpha value is -2.28. The van der Waals surface area contributed by atoms with E-state index in [1.54, 1.807) is 24.3 Å². The normalized spacial score (nSPS) is 13.0. The first-order valence-corrected chi connectivity index (χ1v) is 6.47. The number of hydrogen-bond acceptors (Lipinski definition) is 4. The summed E-state index contributed by atoms with van der Waals surface area (Å²) in [6.07, 6.45) is -1.24. The molecule has 0 aromatic heterocycles. The summed E-state index contributed by atoms with van der Waals surface area (Å²) >= 11 is 5.78. The van der Waals surface area contributed by atoms with Crippen LogP contribution in [0, 0.1) is 0 Å². The van der Waals surface area contributed by atoms with Crippen molar-refractivity contribution < 1.29 is 19.1 Å². The van der Waals surface area contributed by atoms with Crippen LogP contribution in [0.3, 0.4) is 0 Å². The van der Waals surface area contributed by atoms with Crippen molar-refractivity contribution in [2.24, 2.45) is 11.5 Å². The minimum Gasteiger partial charge on any atom is -0.452 e. The Labute approximate surface area is 126 Å². The molecule has 0 aliphatic rings. The molecule has 1 rings (SSSR count). The predicted octanol–water partition coefficient (Wildman–Crippen LogP) is 0.857. The molecule has 3 amide bonds. The minimum atomic E-state index is -1.04. The van der Waals surface area contributed by atoms with Crippen molar-refractivity contribution in [2.75, 3.05) is 0 Å². The van der Waals surface area contributed by atoms with E-state index in [0.717, 1.165) is 0 Å². The number of urea groups is 1. The monoisotopic (exact) mass is 313 g/mol. The third-order valence-corrected chi connectivity index (χ3v) is 2.92. The quantitative estimate of drug-likeness (QED) is 0.673. The molecule has 0 fully saturated rings. The maximum absolute atomic E-state index is 11.7. The SMILES string of the molecule is C[C@H](OC(=O)C[C@H](NC(N)=O)c1ccc(Cl)cc1)C(N)=O. The van der Waals surface area contributed by atoms with Crippen LogP contribution in [-0.2, 0) is 14.3 Å². The van der Waals surface area contributed by atoms with Crippen LogP contribution in [0.25, 0.3) is 0 Å². The van der Waals surface area contributed by atoms with Crippen molar-refractivity contribution in [1.29, 1.82) is 0 Å². The fourth-order valence-electron chi connectivity index (χ4n) is 1.59. The number of nitrogens with one attached hydrogen (secondary N) is 1. The fraction of sp³-hybridized carbons (Fsp3) is 0.308. The lowest BCUT2D eigenvalue weighted by atomic mass is 10.0. The van der Waals surface area contributed by atoms with Gasteiger partial charge < -0.3 is 21.5 Å². The van der Waals surface area contributed by atoms with E-state index in [-0.39, 0.29) is 6.42 Å². The molecule has 0 bridgehead atoms. The highest BCUT2D eigenvalue weighted by Gasteiger charge is 2.21. The Morgan fingerprint density at radius 1 is 1.24 bits per heavy atom. The predicted molar refractivity (Wildman–Crippen MR) is 76.3 cm³/mol. The van der Waals surface area contributed by atoms with Crippen molar-refractivity contribution in [3.63, 3.8) is 0 Å². The molecule has 0 aliphatic carbocycles. The molecule has 1 aromatic rings. The molecule has 0 saturated carbocycles. The van der Waals surface area contributed by atoms with Crippen LogP contribution < -0.4 is 16.8 Å². The van der Waals surface area contributed by atoms with Crippen LogP contribution >= 0.6 is 11.6 Å². The van der Waals surface area contributed by atoms with Gasteiger partial charge in [0.1, 0.15) is 0 Å². The molecule has 2 atom stereocenters. The van der Waals surface area contributed by atoms with Crippen molar-refractivity contribution in [2.45, 2.75) is 25.5 Å². The van der Waals surface area contributed by atoms with Crippen molar-refractivity contribution in [3.8, 4) is 0 Å². The van der Waals surface area contributed by atoms with Gasteiger partial charge in [-0.1, -0.05) is 23.7 Å². The maximum atomic E-state index is 11.7. The first kappa shape index (κ1) is 16.8. The number of carbonyl (C=O) groups is 3. The number of carbonyl (C=O) groups excluding carboxylic acids is 3. The fourth-order valence-corrected chi connectivity index (χ4v) is 1.72. The van der Waals surface area contributed by atoms with E-state index in [9.17, 15) is 14.4 Å². The zero-order chi connectivity index (χ0) is 16.0. The van der Waals surface area contributed by atoms with Gasteiger partial charge in [0.15, 0.2) is 6.10 Å². The molecule has 0 radical (unpaired) electrons.